The van der Waals surface area contributed by atoms with Gasteiger partial charge in [0.15, 0.2) is 11.5 Å². The van der Waals surface area contributed by atoms with Crippen LogP contribution >= 0.6 is 15.9 Å². The maximum absolute atomic E-state index is 12.8. The minimum absolute atomic E-state index is 0.135. The van der Waals surface area contributed by atoms with Crippen molar-refractivity contribution in [2.45, 2.75) is 40.3 Å². The highest BCUT2D eigenvalue weighted by atomic mass is 79.9. The van der Waals surface area contributed by atoms with Crippen molar-refractivity contribution < 1.29 is 19.1 Å². The molecular formula is C29H32BrN3O4. The number of benzene rings is 3. The minimum atomic E-state index is -0.745. The SMILES string of the molecule is CCOc1cc(/C=N/NC(=O)C(NC(=O)c2ccc(C)cc2)C(C)C)cc(Br)c1OCc1ccccc1. The molecule has 1 unspecified atom stereocenters. The largest absolute Gasteiger partial charge is 0.490 e. The maximum atomic E-state index is 12.8. The summed E-state index contributed by atoms with van der Waals surface area (Å²) in [6, 6.07) is 19.9. The number of hydrazone groups is 1. The first kappa shape index (κ1) is 27.9. The van der Waals surface area contributed by atoms with Gasteiger partial charge >= 0.3 is 0 Å². The highest BCUT2D eigenvalue weighted by Gasteiger charge is 2.24. The van der Waals surface area contributed by atoms with Crippen molar-refractivity contribution in [3.05, 3.63) is 93.5 Å². The van der Waals surface area contributed by atoms with E-state index < -0.39 is 11.9 Å². The summed E-state index contributed by atoms with van der Waals surface area (Å²) >= 11 is 3.56. The quantitative estimate of drug-likeness (QED) is 0.232. The number of ether oxygens (including phenoxy) is 2. The molecule has 0 aliphatic heterocycles. The average molecular weight is 566 g/mol. The van der Waals surface area contributed by atoms with Crippen molar-refractivity contribution in [3.8, 4) is 11.5 Å². The lowest BCUT2D eigenvalue weighted by Crippen LogP contribution is -2.48. The zero-order chi connectivity index (χ0) is 26.8. The number of nitrogens with one attached hydrogen (secondary N) is 2. The van der Waals surface area contributed by atoms with Crippen molar-refractivity contribution >= 4 is 34.0 Å². The molecule has 2 N–H and O–H groups in total. The Morgan fingerprint density at radius 3 is 2.38 bits per heavy atom. The molecule has 8 heteroatoms. The minimum Gasteiger partial charge on any atom is -0.490 e. The number of carbonyl (C=O) groups is 2. The van der Waals surface area contributed by atoms with Crippen LogP contribution in [0.15, 0.2) is 76.3 Å². The fourth-order valence-electron chi connectivity index (χ4n) is 3.50. The molecule has 3 rings (SSSR count). The van der Waals surface area contributed by atoms with E-state index in [1.807, 2.05) is 76.2 Å². The van der Waals surface area contributed by atoms with Gasteiger partial charge in [0, 0.05) is 5.56 Å². The summed E-state index contributed by atoms with van der Waals surface area (Å²) < 4.78 is 12.5. The Balaban J connectivity index is 1.67. The standard InChI is InChI=1S/C29H32BrN3O4/c1-5-36-25-16-22(15-24(30)27(25)37-18-21-9-7-6-8-10-21)17-31-33-29(35)26(19(2)3)32-28(34)23-13-11-20(4)12-14-23/h6-17,19,26H,5,18H2,1-4H3,(H,32,34)(H,33,35)/b31-17+. The van der Waals surface area contributed by atoms with Gasteiger partial charge in [0.05, 0.1) is 17.3 Å². The number of rotatable bonds is 11. The second kappa shape index (κ2) is 13.6. The van der Waals surface area contributed by atoms with Crippen LogP contribution in [0.1, 0.15) is 47.8 Å². The van der Waals surface area contributed by atoms with Gasteiger partial charge in [-0.2, -0.15) is 5.10 Å². The number of nitrogens with zero attached hydrogens (tertiary/aromatic N) is 1. The second-order valence-electron chi connectivity index (χ2n) is 8.83. The molecule has 194 valence electrons. The van der Waals surface area contributed by atoms with Crippen LogP contribution in [0.4, 0.5) is 0 Å². The molecule has 3 aromatic rings. The topological polar surface area (TPSA) is 89.0 Å². The number of hydrogen-bond donors (Lipinski definition) is 2. The lowest BCUT2D eigenvalue weighted by atomic mass is 10.0. The van der Waals surface area contributed by atoms with E-state index in [0.29, 0.717) is 40.3 Å². The molecule has 0 aromatic heterocycles. The Kier molecular flexibility index (Phi) is 10.3. The van der Waals surface area contributed by atoms with Gasteiger partial charge in [-0.25, -0.2) is 5.43 Å². The lowest BCUT2D eigenvalue weighted by Gasteiger charge is -2.20. The van der Waals surface area contributed by atoms with Gasteiger partial charge in [-0.05, 0) is 71.1 Å². The number of carbonyl (C=O) groups excluding carboxylic acids is 2. The van der Waals surface area contributed by atoms with Crippen LogP contribution in [-0.4, -0.2) is 30.7 Å². The Labute approximate surface area is 226 Å². The number of amides is 2. The van der Waals surface area contributed by atoms with E-state index in [1.54, 1.807) is 18.2 Å². The molecule has 0 saturated carbocycles. The molecule has 0 saturated heterocycles. The highest BCUT2D eigenvalue weighted by Crippen LogP contribution is 2.37. The first-order valence-corrected chi connectivity index (χ1v) is 12.9. The first-order valence-electron chi connectivity index (χ1n) is 12.1. The molecular weight excluding hydrogens is 534 g/mol. The molecule has 0 radical (unpaired) electrons. The third-order valence-corrected chi connectivity index (χ3v) is 6.08. The number of aryl methyl sites for hydroxylation is 1. The molecule has 0 aliphatic rings. The van der Waals surface area contributed by atoms with E-state index in [1.165, 1.54) is 6.21 Å². The summed E-state index contributed by atoms with van der Waals surface area (Å²) in [5.41, 5.74) is 5.83. The van der Waals surface area contributed by atoms with Crippen LogP contribution in [-0.2, 0) is 11.4 Å². The molecule has 7 nitrogen and oxygen atoms in total. The molecule has 0 aliphatic carbocycles. The Hall–Kier alpha value is -3.65. The van der Waals surface area contributed by atoms with Crippen molar-refractivity contribution in [1.29, 1.82) is 0 Å². The third kappa shape index (κ3) is 8.18. The van der Waals surface area contributed by atoms with Gasteiger partial charge in [-0.1, -0.05) is 61.9 Å². The first-order chi connectivity index (χ1) is 17.8. The average Bonchev–Trinajstić information content (AvgIpc) is 2.87. The molecule has 2 amide bonds. The number of hydrogen-bond acceptors (Lipinski definition) is 5. The summed E-state index contributed by atoms with van der Waals surface area (Å²) in [5.74, 6) is 0.300. The van der Waals surface area contributed by atoms with Crippen LogP contribution in [0.2, 0.25) is 0 Å². The van der Waals surface area contributed by atoms with Gasteiger partial charge in [0.1, 0.15) is 12.6 Å². The fourth-order valence-corrected chi connectivity index (χ4v) is 4.07. The lowest BCUT2D eigenvalue weighted by molar-refractivity contribution is -0.123. The summed E-state index contributed by atoms with van der Waals surface area (Å²) in [6.07, 6.45) is 1.52. The second-order valence-corrected chi connectivity index (χ2v) is 9.69. The van der Waals surface area contributed by atoms with Gasteiger partial charge in [-0.3, -0.25) is 9.59 Å². The zero-order valence-electron chi connectivity index (χ0n) is 21.5. The van der Waals surface area contributed by atoms with Crippen LogP contribution in [0.3, 0.4) is 0 Å². The summed E-state index contributed by atoms with van der Waals surface area (Å²) in [5, 5.41) is 6.91. The molecule has 0 bridgehead atoms. The van der Waals surface area contributed by atoms with Crippen LogP contribution < -0.4 is 20.2 Å². The smallest absolute Gasteiger partial charge is 0.262 e. The van der Waals surface area contributed by atoms with E-state index in [4.69, 9.17) is 9.47 Å². The fraction of sp³-hybridized carbons (Fsp3) is 0.276. The van der Waals surface area contributed by atoms with Crippen molar-refractivity contribution in [2.24, 2.45) is 11.0 Å². The van der Waals surface area contributed by atoms with Crippen LogP contribution in [0.25, 0.3) is 0 Å². The highest BCUT2D eigenvalue weighted by molar-refractivity contribution is 9.10. The van der Waals surface area contributed by atoms with E-state index in [-0.39, 0.29) is 11.8 Å². The van der Waals surface area contributed by atoms with E-state index in [9.17, 15) is 9.59 Å². The predicted octanol–water partition coefficient (Wildman–Crippen LogP) is 5.64. The molecule has 0 fully saturated rings. The molecule has 3 aromatic carbocycles. The van der Waals surface area contributed by atoms with Gasteiger partial charge < -0.3 is 14.8 Å². The third-order valence-electron chi connectivity index (χ3n) is 5.50. The normalized spacial score (nSPS) is 11.8. The van der Waals surface area contributed by atoms with Gasteiger partial charge in [0.2, 0.25) is 0 Å². The molecule has 0 spiro atoms. The van der Waals surface area contributed by atoms with Crippen LogP contribution in [0, 0.1) is 12.8 Å². The molecule has 0 heterocycles. The molecule has 1 atom stereocenters. The summed E-state index contributed by atoms with van der Waals surface area (Å²) in [7, 11) is 0. The number of halogens is 1. The Bertz CT molecular complexity index is 1230. The van der Waals surface area contributed by atoms with E-state index in [2.05, 4.69) is 31.8 Å². The van der Waals surface area contributed by atoms with Crippen molar-refractivity contribution in [3.63, 3.8) is 0 Å². The summed E-state index contributed by atoms with van der Waals surface area (Å²) in [4.78, 5) is 25.4. The van der Waals surface area contributed by atoms with Crippen LogP contribution in [0.5, 0.6) is 11.5 Å². The summed E-state index contributed by atoms with van der Waals surface area (Å²) in [6.45, 7) is 8.43. The van der Waals surface area contributed by atoms with Gasteiger partial charge in [-0.15, -0.1) is 0 Å². The van der Waals surface area contributed by atoms with Crippen molar-refractivity contribution in [1.82, 2.24) is 10.7 Å². The predicted molar refractivity (Wildman–Crippen MR) is 149 cm³/mol. The Morgan fingerprint density at radius 1 is 1.03 bits per heavy atom. The van der Waals surface area contributed by atoms with E-state index >= 15 is 0 Å². The maximum Gasteiger partial charge on any atom is 0.262 e. The van der Waals surface area contributed by atoms with Gasteiger partial charge in [0.25, 0.3) is 11.8 Å². The Morgan fingerprint density at radius 2 is 1.73 bits per heavy atom. The van der Waals surface area contributed by atoms with E-state index in [0.717, 1.165) is 11.1 Å². The molecule has 37 heavy (non-hydrogen) atoms. The van der Waals surface area contributed by atoms with Crippen molar-refractivity contribution in [2.75, 3.05) is 6.61 Å². The monoisotopic (exact) mass is 565 g/mol. The zero-order valence-corrected chi connectivity index (χ0v) is 23.0.